The second-order valence-electron chi connectivity index (χ2n) is 8.76. The van der Waals surface area contributed by atoms with Crippen LogP contribution in [0.2, 0.25) is 0 Å². The first-order valence-electron chi connectivity index (χ1n) is 11.6. The number of amides is 1. The Hall–Kier alpha value is -3.50. The third-order valence-corrected chi connectivity index (χ3v) is 6.70. The van der Waals surface area contributed by atoms with Gasteiger partial charge in [-0.3, -0.25) is 9.78 Å². The van der Waals surface area contributed by atoms with E-state index in [0.717, 1.165) is 37.3 Å². The van der Waals surface area contributed by atoms with Gasteiger partial charge in [-0.25, -0.2) is 9.97 Å². The lowest BCUT2D eigenvalue weighted by molar-refractivity contribution is 0.102. The molecular weight excluding hydrogens is 429 g/mol. The lowest BCUT2D eigenvalue weighted by Crippen LogP contribution is -2.36. The van der Waals surface area contributed by atoms with Crippen LogP contribution in [0.25, 0.3) is 11.3 Å². The fourth-order valence-corrected chi connectivity index (χ4v) is 4.57. The van der Waals surface area contributed by atoms with Gasteiger partial charge in [0, 0.05) is 30.9 Å². The van der Waals surface area contributed by atoms with Crippen LogP contribution in [-0.4, -0.2) is 66.5 Å². The summed E-state index contributed by atoms with van der Waals surface area (Å²) in [5, 5.41) is 2.93. The lowest BCUT2D eigenvalue weighted by Gasteiger charge is -2.32. The van der Waals surface area contributed by atoms with Gasteiger partial charge in [-0.05, 0) is 43.1 Å². The summed E-state index contributed by atoms with van der Waals surface area (Å²) in [6, 6.07) is 8.59. The number of carbonyl (C=O) groups excluding carboxylic acids is 1. The third-order valence-electron chi connectivity index (χ3n) is 6.70. The molecule has 0 bridgehead atoms. The smallest absolute Gasteiger partial charge is 0.278 e. The predicted molar refractivity (Wildman–Crippen MR) is 134 cm³/mol. The topological polar surface area (TPSA) is 110 Å². The molecule has 174 valence electrons. The maximum atomic E-state index is 13.2. The summed E-state index contributed by atoms with van der Waals surface area (Å²) in [7, 11) is 2.14. The fraction of sp³-hybridized carbons (Fsp3) is 0.333. The van der Waals surface area contributed by atoms with Gasteiger partial charge in [0.2, 0.25) is 0 Å². The van der Waals surface area contributed by atoms with Gasteiger partial charge in [-0.1, -0.05) is 12.1 Å². The Morgan fingerprint density at radius 3 is 2.85 bits per heavy atom. The van der Waals surface area contributed by atoms with Crippen LogP contribution >= 0.6 is 0 Å². The number of rotatable bonds is 4. The molecule has 9 nitrogen and oxygen atoms in total. The molecule has 1 saturated heterocycles. The first-order valence-corrected chi connectivity index (χ1v) is 11.6. The molecule has 1 unspecified atom stereocenters. The Balaban J connectivity index is 1.41. The molecule has 2 aromatic heterocycles. The van der Waals surface area contributed by atoms with Crippen molar-refractivity contribution in [2.45, 2.75) is 19.4 Å². The molecule has 4 heterocycles. The van der Waals surface area contributed by atoms with Crippen LogP contribution in [0, 0.1) is 0 Å². The van der Waals surface area contributed by atoms with E-state index in [9.17, 15) is 4.79 Å². The van der Waals surface area contributed by atoms with E-state index in [1.54, 1.807) is 18.6 Å². The molecule has 10 heteroatoms. The number of anilines is 3. The largest absolute Gasteiger partial charge is 0.382 e. The van der Waals surface area contributed by atoms with Crippen LogP contribution in [0.4, 0.5) is 17.2 Å². The van der Waals surface area contributed by atoms with Crippen molar-refractivity contribution in [2.75, 3.05) is 48.8 Å². The molecule has 34 heavy (non-hydrogen) atoms. The van der Waals surface area contributed by atoms with Gasteiger partial charge in [-0.15, -0.1) is 0 Å². The average molecular weight is 457 g/mol. The van der Waals surface area contributed by atoms with Crippen molar-refractivity contribution >= 4 is 31.1 Å². The molecule has 3 aromatic rings. The Morgan fingerprint density at radius 1 is 1.21 bits per heavy atom. The molecule has 0 radical (unpaired) electrons. The SMILES string of the molecule is BN1CCc2cc(-c3cnc(N)c(C(=O)Nc4cnccc4N4CCOCC4)n3)ccc2C1C. The number of fused-ring (bicyclic) bond motifs is 1. The van der Waals surface area contributed by atoms with Crippen molar-refractivity contribution in [1.82, 2.24) is 19.8 Å². The minimum Gasteiger partial charge on any atom is -0.382 e. The zero-order valence-electron chi connectivity index (χ0n) is 19.5. The van der Waals surface area contributed by atoms with Crippen molar-refractivity contribution in [3.63, 3.8) is 0 Å². The maximum Gasteiger partial charge on any atom is 0.278 e. The maximum absolute atomic E-state index is 13.2. The Morgan fingerprint density at radius 2 is 2.03 bits per heavy atom. The lowest BCUT2D eigenvalue weighted by atomic mass is 9.89. The van der Waals surface area contributed by atoms with E-state index in [1.807, 2.05) is 12.1 Å². The van der Waals surface area contributed by atoms with Gasteiger partial charge >= 0.3 is 0 Å². The number of hydrogen-bond donors (Lipinski definition) is 2. The summed E-state index contributed by atoms with van der Waals surface area (Å²) < 4.78 is 5.45. The molecule has 1 aromatic carbocycles. The van der Waals surface area contributed by atoms with Gasteiger partial charge in [0.15, 0.2) is 19.5 Å². The number of ether oxygens (including phenoxy) is 1. The van der Waals surface area contributed by atoms with Crippen molar-refractivity contribution in [3.05, 3.63) is 59.7 Å². The van der Waals surface area contributed by atoms with E-state index < -0.39 is 5.91 Å². The van der Waals surface area contributed by atoms with Gasteiger partial charge in [0.25, 0.3) is 5.91 Å². The molecule has 1 amide bonds. The minimum atomic E-state index is -0.414. The second-order valence-corrected chi connectivity index (χ2v) is 8.76. The van der Waals surface area contributed by atoms with Crippen LogP contribution < -0.4 is 16.0 Å². The van der Waals surface area contributed by atoms with Crippen LogP contribution in [-0.2, 0) is 11.2 Å². The highest BCUT2D eigenvalue weighted by Gasteiger charge is 2.22. The van der Waals surface area contributed by atoms with Crippen molar-refractivity contribution in [2.24, 2.45) is 0 Å². The van der Waals surface area contributed by atoms with Gasteiger partial charge in [-0.2, -0.15) is 0 Å². The monoisotopic (exact) mass is 457 g/mol. The number of nitrogens with zero attached hydrogens (tertiary/aromatic N) is 5. The highest BCUT2D eigenvalue weighted by Crippen LogP contribution is 2.31. The Kier molecular flexibility index (Phi) is 6.17. The van der Waals surface area contributed by atoms with Crippen LogP contribution in [0.3, 0.4) is 0 Å². The summed E-state index contributed by atoms with van der Waals surface area (Å²) >= 11 is 0. The number of nitrogens with two attached hydrogens (primary N) is 1. The van der Waals surface area contributed by atoms with Crippen molar-refractivity contribution in [1.29, 1.82) is 0 Å². The average Bonchev–Trinajstić information content (AvgIpc) is 2.87. The van der Waals surface area contributed by atoms with Gasteiger partial charge < -0.3 is 25.5 Å². The van der Waals surface area contributed by atoms with Crippen LogP contribution in [0.15, 0.2) is 42.9 Å². The van der Waals surface area contributed by atoms with Crippen LogP contribution in [0.5, 0.6) is 0 Å². The molecule has 0 aliphatic carbocycles. The second kappa shape index (κ2) is 9.40. The summed E-state index contributed by atoms with van der Waals surface area (Å²) in [4.78, 5) is 30.8. The Bertz CT molecular complexity index is 1220. The normalized spacial score (nSPS) is 18.4. The molecule has 5 rings (SSSR count). The minimum absolute atomic E-state index is 0.0891. The van der Waals surface area contributed by atoms with Crippen molar-refractivity contribution < 1.29 is 9.53 Å². The van der Waals surface area contributed by atoms with E-state index in [0.29, 0.717) is 30.6 Å². The molecule has 0 spiro atoms. The number of benzene rings is 1. The zero-order chi connectivity index (χ0) is 23.7. The summed E-state index contributed by atoms with van der Waals surface area (Å²) in [6.45, 7) is 6.01. The number of aromatic nitrogens is 3. The van der Waals surface area contributed by atoms with E-state index in [1.165, 1.54) is 11.1 Å². The van der Waals surface area contributed by atoms with Crippen LogP contribution in [0.1, 0.15) is 34.6 Å². The first-order chi connectivity index (χ1) is 16.5. The molecule has 0 saturated carbocycles. The summed E-state index contributed by atoms with van der Waals surface area (Å²) in [6.07, 6.45) is 5.95. The first kappa shape index (κ1) is 22.3. The van der Waals surface area contributed by atoms with E-state index in [2.05, 4.69) is 57.0 Å². The highest BCUT2D eigenvalue weighted by molar-refractivity contribution is 6.07. The molecule has 1 atom stereocenters. The van der Waals surface area contributed by atoms with E-state index >= 15 is 0 Å². The summed E-state index contributed by atoms with van der Waals surface area (Å²) in [5.74, 6) is -0.325. The molecule has 2 aliphatic heterocycles. The van der Waals surface area contributed by atoms with Crippen molar-refractivity contribution in [3.8, 4) is 11.3 Å². The Labute approximate surface area is 199 Å². The fourth-order valence-electron chi connectivity index (χ4n) is 4.57. The number of nitrogens with one attached hydrogen (secondary N) is 1. The molecule has 3 N–H and O–H groups in total. The standard InChI is InChI=1S/C24H28BN7O2/c1-15-18-3-2-17(12-16(18)5-7-32(15)25)19-14-28-23(26)22(29-19)24(33)30-20-13-27-6-4-21(20)31-8-10-34-11-9-31/h2-4,6,12-15H,5,7-11,25H2,1H3,(H2,26,28)(H,30,33). The number of morpholine rings is 1. The van der Waals surface area contributed by atoms with E-state index in [4.69, 9.17) is 10.5 Å². The molecule has 1 fully saturated rings. The van der Waals surface area contributed by atoms with E-state index in [-0.39, 0.29) is 11.5 Å². The highest BCUT2D eigenvalue weighted by atomic mass is 16.5. The number of nitrogen functional groups attached to an aromatic ring is 1. The molecular formula is C24H28BN7O2. The predicted octanol–water partition coefficient (Wildman–Crippen LogP) is 1.68. The number of pyridine rings is 1. The molecule has 2 aliphatic rings. The van der Waals surface area contributed by atoms with Gasteiger partial charge in [0.1, 0.15) is 0 Å². The number of hydrogen-bond acceptors (Lipinski definition) is 8. The van der Waals surface area contributed by atoms with Gasteiger partial charge in [0.05, 0.1) is 42.7 Å². The summed E-state index contributed by atoms with van der Waals surface area (Å²) in [5.41, 5.74) is 11.8. The zero-order valence-corrected chi connectivity index (χ0v) is 19.5. The third kappa shape index (κ3) is 4.34. The number of carbonyl (C=O) groups is 1. The quantitative estimate of drug-likeness (QED) is 0.570.